The van der Waals surface area contributed by atoms with Crippen LogP contribution >= 0.6 is 23.2 Å². The first kappa shape index (κ1) is 15.4. The van der Waals surface area contributed by atoms with Crippen molar-refractivity contribution < 1.29 is 0 Å². The van der Waals surface area contributed by atoms with E-state index in [2.05, 4.69) is 17.3 Å². The number of nitrogens with one attached hydrogen (secondary N) is 1. The van der Waals surface area contributed by atoms with Crippen molar-refractivity contribution in [3.8, 4) is 0 Å². The quantitative estimate of drug-likeness (QED) is 0.873. The summed E-state index contributed by atoms with van der Waals surface area (Å²) in [6, 6.07) is 7.88. The van der Waals surface area contributed by atoms with E-state index in [0.717, 1.165) is 30.6 Å². The molecule has 3 nitrogen and oxygen atoms in total. The van der Waals surface area contributed by atoms with Gasteiger partial charge in [0.1, 0.15) is 0 Å². The van der Waals surface area contributed by atoms with Crippen LogP contribution in [0.3, 0.4) is 0 Å². The molecule has 1 N–H and O–H groups in total. The molecule has 0 saturated heterocycles. The first-order chi connectivity index (χ1) is 9.58. The van der Waals surface area contributed by atoms with Gasteiger partial charge >= 0.3 is 0 Å². The second kappa shape index (κ2) is 7.11. The smallest absolute Gasteiger partial charge is 0.0643 e. The average Bonchev–Trinajstić information content (AvgIpc) is 2.79. The molecular weight excluding hydrogens is 293 g/mol. The Kier molecular flexibility index (Phi) is 5.46. The van der Waals surface area contributed by atoms with Crippen molar-refractivity contribution in [2.45, 2.75) is 25.8 Å². The summed E-state index contributed by atoms with van der Waals surface area (Å²) in [7, 11) is 1.92. The monoisotopic (exact) mass is 311 g/mol. The van der Waals surface area contributed by atoms with Gasteiger partial charge in [-0.15, -0.1) is 0 Å². The minimum Gasteiger partial charge on any atom is -0.310 e. The fraction of sp³-hybridized carbons (Fsp3) is 0.400. The molecule has 0 aliphatic heterocycles. The summed E-state index contributed by atoms with van der Waals surface area (Å²) >= 11 is 12.2. The van der Waals surface area contributed by atoms with Gasteiger partial charge in [0.25, 0.3) is 0 Å². The second-order valence-corrected chi connectivity index (χ2v) is 5.77. The fourth-order valence-corrected chi connectivity index (χ4v) is 2.73. The lowest BCUT2D eigenvalue weighted by Gasteiger charge is -2.18. The fourth-order valence-electron chi connectivity index (χ4n) is 2.18. The number of hydrogen-bond donors (Lipinski definition) is 1. The van der Waals surface area contributed by atoms with Crippen LogP contribution in [-0.2, 0) is 13.5 Å². The van der Waals surface area contributed by atoms with Crippen LogP contribution in [0.4, 0.5) is 0 Å². The molecule has 20 heavy (non-hydrogen) atoms. The van der Waals surface area contributed by atoms with Crippen LogP contribution in [0.1, 0.15) is 30.6 Å². The highest BCUT2D eigenvalue weighted by Gasteiger charge is 2.14. The van der Waals surface area contributed by atoms with E-state index in [-0.39, 0.29) is 6.04 Å². The summed E-state index contributed by atoms with van der Waals surface area (Å²) in [5.41, 5.74) is 2.15. The highest BCUT2D eigenvalue weighted by Crippen LogP contribution is 2.25. The predicted octanol–water partition coefficient (Wildman–Crippen LogP) is 4.01. The Bertz CT molecular complexity index is 546. The van der Waals surface area contributed by atoms with Gasteiger partial charge in [-0.3, -0.25) is 4.68 Å². The Balaban J connectivity index is 2.21. The van der Waals surface area contributed by atoms with Crippen LogP contribution in [-0.4, -0.2) is 16.3 Å². The Morgan fingerprint density at radius 1 is 1.25 bits per heavy atom. The van der Waals surface area contributed by atoms with Crippen LogP contribution in [0, 0.1) is 0 Å². The number of benzene rings is 1. The first-order valence-corrected chi connectivity index (χ1v) is 7.52. The Morgan fingerprint density at radius 3 is 2.50 bits per heavy atom. The minimum absolute atomic E-state index is 0.168. The van der Waals surface area contributed by atoms with Crippen molar-refractivity contribution in [3.63, 3.8) is 0 Å². The third-order valence-corrected chi connectivity index (χ3v) is 3.55. The lowest BCUT2D eigenvalue weighted by atomic mass is 10.0. The SMILES string of the molecule is CCCNC(Cc1ccn(C)n1)c1cc(Cl)cc(Cl)c1. The second-order valence-electron chi connectivity index (χ2n) is 4.89. The maximum absolute atomic E-state index is 6.10. The van der Waals surface area contributed by atoms with E-state index in [1.807, 2.05) is 36.1 Å². The largest absolute Gasteiger partial charge is 0.310 e. The van der Waals surface area contributed by atoms with E-state index < -0.39 is 0 Å². The maximum Gasteiger partial charge on any atom is 0.0643 e. The molecule has 5 heteroatoms. The molecule has 1 heterocycles. The van der Waals surface area contributed by atoms with Crippen LogP contribution in [0.25, 0.3) is 0 Å². The topological polar surface area (TPSA) is 29.9 Å². The molecule has 0 bridgehead atoms. The third kappa shape index (κ3) is 4.23. The highest BCUT2D eigenvalue weighted by atomic mass is 35.5. The third-order valence-electron chi connectivity index (χ3n) is 3.11. The summed E-state index contributed by atoms with van der Waals surface area (Å²) in [6.07, 6.45) is 3.85. The zero-order valence-corrected chi connectivity index (χ0v) is 13.2. The van der Waals surface area contributed by atoms with Gasteiger partial charge in [0, 0.05) is 35.8 Å². The molecule has 1 aromatic carbocycles. The molecule has 0 aliphatic rings. The van der Waals surface area contributed by atoms with Crippen LogP contribution in [0.2, 0.25) is 10.0 Å². The lowest BCUT2D eigenvalue weighted by molar-refractivity contribution is 0.521. The molecule has 0 amide bonds. The van der Waals surface area contributed by atoms with Gasteiger partial charge in [0.2, 0.25) is 0 Å². The Morgan fingerprint density at radius 2 is 1.95 bits per heavy atom. The number of halogens is 2. The lowest BCUT2D eigenvalue weighted by Crippen LogP contribution is -2.24. The zero-order chi connectivity index (χ0) is 14.5. The maximum atomic E-state index is 6.10. The van der Waals surface area contributed by atoms with E-state index >= 15 is 0 Å². The molecule has 0 radical (unpaired) electrons. The highest BCUT2D eigenvalue weighted by molar-refractivity contribution is 6.34. The van der Waals surface area contributed by atoms with E-state index in [1.165, 1.54) is 0 Å². The number of rotatable bonds is 6. The number of nitrogens with zero attached hydrogens (tertiary/aromatic N) is 2. The van der Waals surface area contributed by atoms with E-state index in [4.69, 9.17) is 23.2 Å². The Labute approximate surface area is 129 Å². The van der Waals surface area contributed by atoms with Crippen LogP contribution in [0.15, 0.2) is 30.5 Å². The summed E-state index contributed by atoms with van der Waals surface area (Å²) in [5, 5.41) is 9.30. The molecule has 0 saturated carbocycles. The molecule has 0 spiro atoms. The number of aromatic nitrogens is 2. The minimum atomic E-state index is 0.168. The van der Waals surface area contributed by atoms with Crippen molar-refractivity contribution in [2.24, 2.45) is 7.05 Å². The average molecular weight is 312 g/mol. The molecule has 1 atom stereocenters. The van der Waals surface area contributed by atoms with Crippen molar-refractivity contribution in [1.82, 2.24) is 15.1 Å². The van der Waals surface area contributed by atoms with E-state index in [9.17, 15) is 0 Å². The molecular formula is C15H19Cl2N3. The molecule has 2 aromatic rings. The molecule has 0 aliphatic carbocycles. The van der Waals surface area contributed by atoms with E-state index in [0.29, 0.717) is 10.0 Å². The van der Waals surface area contributed by atoms with Crippen molar-refractivity contribution >= 4 is 23.2 Å². The Hall–Kier alpha value is -1.03. The van der Waals surface area contributed by atoms with Crippen molar-refractivity contribution in [1.29, 1.82) is 0 Å². The van der Waals surface area contributed by atoms with E-state index in [1.54, 1.807) is 6.07 Å². The number of hydrogen-bond acceptors (Lipinski definition) is 2. The summed E-state index contributed by atoms with van der Waals surface area (Å²) < 4.78 is 1.82. The normalized spacial score (nSPS) is 12.6. The zero-order valence-electron chi connectivity index (χ0n) is 11.7. The van der Waals surface area contributed by atoms with Gasteiger partial charge in [0.15, 0.2) is 0 Å². The van der Waals surface area contributed by atoms with Gasteiger partial charge in [0.05, 0.1) is 5.69 Å². The summed E-state index contributed by atoms with van der Waals surface area (Å²) in [6.45, 7) is 3.09. The summed E-state index contributed by atoms with van der Waals surface area (Å²) in [5.74, 6) is 0. The first-order valence-electron chi connectivity index (χ1n) is 6.76. The van der Waals surface area contributed by atoms with Gasteiger partial charge in [-0.05, 0) is 42.8 Å². The molecule has 2 rings (SSSR count). The molecule has 0 fully saturated rings. The van der Waals surface area contributed by atoms with Gasteiger partial charge in [-0.25, -0.2) is 0 Å². The number of aryl methyl sites for hydroxylation is 1. The van der Waals surface area contributed by atoms with Crippen molar-refractivity contribution in [3.05, 3.63) is 51.8 Å². The molecule has 1 unspecified atom stereocenters. The van der Waals surface area contributed by atoms with Gasteiger partial charge < -0.3 is 5.32 Å². The van der Waals surface area contributed by atoms with Crippen LogP contribution in [0.5, 0.6) is 0 Å². The van der Waals surface area contributed by atoms with Crippen LogP contribution < -0.4 is 5.32 Å². The predicted molar refractivity (Wildman–Crippen MR) is 84.4 cm³/mol. The van der Waals surface area contributed by atoms with Crippen molar-refractivity contribution in [2.75, 3.05) is 6.54 Å². The molecule has 1 aromatic heterocycles. The standard InChI is InChI=1S/C15H19Cl2N3/c1-3-5-18-15(10-14-4-6-20(2)19-14)11-7-12(16)9-13(17)8-11/h4,6-9,15,18H,3,5,10H2,1-2H3. The van der Waals surface area contributed by atoms with Gasteiger partial charge in [-0.1, -0.05) is 30.1 Å². The van der Waals surface area contributed by atoms with Gasteiger partial charge in [-0.2, -0.15) is 5.10 Å². The summed E-state index contributed by atoms with van der Waals surface area (Å²) in [4.78, 5) is 0. The molecule has 108 valence electrons.